The monoisotopic (exact) mass is 1580 g/mol. The van der Waals surface area contributed by atoms with Crippen LogP contribution >= 0.6 is 0 Å². The molecule has 0 aliphatic carbocycles. The third-order valence-corrected chi connectivity index (χ3v) is 26.2. The Bertz CT molecular complexity index is 6120. The Morgan fingerprint density at radius 2 is 0.350 bits per heavy atom. The van der Waals surface area contributed by atoms with Crippen LogP contribution in [0, 0.1) is 13.8 Å². The minimum atomic E-state index is -0.421. The van der Waals surface area contributed by atoms with Gasteiger partial charge in [-0.2, -0.15) is 0 Å². The topological polar surface area (TPSA) is 94.5 Å². The van der Waals surface area contributed by atoms with Crippen molar-refractivity contribution in [3.63, 3.8) is 0 Å². The molecule has 2 aliphatic heterocycles. The van der Waals surface area contributed by atoms with Crippen LogP contribution in [0.2, 0.25) is 0 Å². The van der Waals surface area contributed by atoms with E-state index < -0.39 is 23.6 Å². The number of fused-ring (bicyclic) bond motifs is 14. The lowest BCUT2D eigenvalue weighted by Crippen LogP contribution is -2.30. The lowest BCUT2D eigenvalue weighted by Gasteiger charge is -2.20. The molecule has 10 heteroatoms. The van der Waals surface area contributed by atoms with E-state index in [9.17, 15) is 0 Å². The summed E-state index contributed by atoms with van der Waals surface area (Å²) in [5.41, 5.74) is 23.9. The van der Waals surface area contributed by atoms with Crippen LogP contribution in [-0.4, -0.2) is 41.9 Å². The first-order valence-corrected chi connectivity index (χ1v) is 42.8. The second-order valence-electron chi connectivity index (χ2n) is 42.8. The minimum Gasteiger partial charge on any atom is -0.308 e. The van der Waals surface area contributed by atoms with Gasteiger partial charge in [-0.15, -0.1) is 0 Å². The number of anilines is 2. The maximum Gasteiger partial charge on any atom is 0.268 e. The van der Waals surface area contributed by atoms with Gasteiger partial charge in [-0.05, 0) is 270 Å². The number of rotatable bonds is 7. The summed E-state index contributed by atoms with van der Waals surface area (Å²) < 4.78 is 8.85. The Morgan fingerprint density at radius 3 is 0.492 bits per heavy atom. The Hall–Kier alpha value is -11.9. The van der Waals surface area contributed by atoms with Crippen LogP contribution in [0.4, 0.5) is 11.4 Å². The zero-order chi connectivity index (χ0) is 85.8. The predicted molar refractivity (Wildman–Crippen MR) is 503 cm³/mol. The summed E-state index contributed by atoms with van der Waals surface area (Å²) in [7, 11) is 0. The molecule has 10 nitrogen and oxygen atoms in total. The van der Waals surface area contributed by atoms with E-state index in [1.807, 2.05) is 50.2 Å². The van der Waals surface area contributed by atoms with Crippen molar-refractivity contribution >= 4 is 122 Å². The summed E-state index contributed by atoms with van der Waals surface area (Å²) in [6.45, 7) is 57.8. The maximum absolute atomic E-state index is 16.6. The lowest BCUT2D eigenvalue weighted by atomic mass is 9.85. The van der Waals surface area contributed by atoms with Crippen molar-refractivity contribution in [1.29, 1.82) is 0 Å². The fourth-order valence-electron chi connectivity index (χ4n) is 18.9. The third-order valence-electron chi connectivity index (χ3n) is 26.2. The average Bonchev–Trinajstić information content (AvgIpc) is 1.54. The van der Waals surface area contributed by atoms with Crippen molar-refractivity contribution in [2.45, 2.75) is 223 Å². The molecule has 4 aromatic heterocycles. The van der Waals surface area contributed by atoms with Gasteiger partial charge in [0.15, 0.2) is 0 Å². The van der Waals surface area contributed by atoms with Crippen molar-refractivity contribution < 1.29 is 19.2 Å². The van der Waals surface area contributed by atoms with Crippen molar-refractivity contribution in [2.24, 2.45) is 0 Å². The van der Waals surface area contributed by atoms with Crippen molar-refractivity contribution in [3.8, 4) is 33.9 Å². The molecule has 0 N–H and O–H groups in total. The van der Waals surface area contributed by atoms with Gasteiger partial charge in [0.25, 0.3) is 23.6 Å². The minimum absolute atomic E-state index is 0.148. The summed E-state index contributed by atoms with van der Waals surface area (Å²) in [5, 5.41) is 8.58. The molecule has 0 spiro atoms. The van der Waals surface area contributed by atoms with Crippen molar-refractivity contribution in [1.82, 2.24) is 18.3 Å². The molecular weight excluding hydrogens is 1470 g/mol. The van der Waals surface area contributed by atoms with Gasteiger partial charge in [0, 0.05) is 43.1 Å². The first-order chi connectivity index (χ1) is 56.1. The molecule has 0 unspecified atom stereocenters. The number of benzene rings is 12. The number of hydrogen-bond acceptors (Lipinski definition) is 4. The summed E-state index contributed by atoms with van der Waals surface area (Å²) in [4.78, 5) is 69.0. The molecule has 0 atom stereocenters. The second kappa shape index (κ2) is 26.3. The van der Waals surface area contributed by atoms with Gasteiger partial charge >= 0.3 is 0 Å². The van der Waals surface area contributed by atoms with Gasteiger partial charge in [-0.3, -0.25) is 19.2 Å². The van der Waals surface area contributed by atoms with E-state index in [-0.39, 0.29) is 43.3 Å². The molecule has 0 bridgehead atoms. The fraction of sp³-hybridized carbons (Fsp3) is 0.309. The van der Waals surface area contributed by atoms with E-state index in [1.165, 1.54) is 54.3 Å². The summed E-state index contributed by atoms with van der Waals surface area (Å²) in [6.07, 6.45) is 0. The summed E-state index contributed by atoms with van der Waals surface area (Å²) in [5.74, 6) is -1.68. The van der Waals surface area contributed by atoms with Gasteiger partial charge in [0.1, 0.15) is 0 Å². The number of amides is 4. The molecule has 2 aliphatic rings. The van der Waals surface area contributed by atoms with Crippen LogP contribution in [0.25, 0.3) is 121 Å². The molecule has 0 radical (unpaired) electrons. The van der Waals surface area contributed by atoms with Crippen LogP contribution in [0.5, 0.6) is 0 Å². The Balaban J connectivity index is 0.788. The molecule has 0 fully saturated rings. The number of hydrogen-bond donors (Lipinski definition) is 0. The highest BCUT2D eigenvalue weighted by Crippen LogP contribution is 2.50. The highest BCUT2D eigenvalue weighted by Gasteiger charge is 2.46. The van der Waals surface area contributed by atoms with Crippen LogP contribution in [0.3, 0.4) is 0 Å². The van der Waals surface area contributed by atoms with Crippen LogP contribution < -0.4 is 9.80 Å². The van der Waals surface area contributed by atoms with Gasteiger partial charge in [-0.25, -0.2) is 9.80 Å². The van der Waals surface area contributed by atoms with Gasteiger partial charge < -0.3 is 18.3 Å². The highest BCUT2D eigenvalue weighted by atomic mass is 16.2. The van der Waals surface area contributed by atoms with E-state index in [0.717, 1.165) is 109 Å². The lowest BCUT2D eigenvalue weighted by molar-refractivity contribution is 0.0910. The normalized spacial score (nSPS) is 14.3. The zero-order valence-corrected chi connectivity index (χ0v) is 74.9. The molecule has 606 valence electrons. The first-order valence-electron chi connectivity index (χ1n) is 42.8. The van der Waals surface area contributed by atoms with Gasteiger partial charge in [0.2, 0.25) is 0 Å². The number of aryl methyl sites for hydroxylation is 2. The number of nitrogens with zero attached hydrogens (tertiary/aromatic N) is 6. The van der Waals surface area contributed by atoms with Crippen LogP contribution in [0.15, 0.2) is 206 Å². The highest BCUT2D eigenvalue weighted by molar-refractivity contribution is 6.38. The Labute approximate surface area is 706 Å². The zero-order valence-electron chi connectivity index (χ0n) is 74.9. The fourth-order valence-corrected chi connectivity index (χ4v) is 18.9. The number of carbonyl (C=O) groups excluding carboxylic acids is 4. The molecule has 0 saturated heterocycles. The molecule has 6 heterocycles. The molecule has 18 rings (SSSR count). The van der Waals surface area contributed by atoms with E-state index in [4.69, 9.17) is 0 Å². The first kappa shape index (κ1) is 79.2. The van der Waals surface area contributed by atoms with E-state index in [0.29, 0.717) is 56.4 Å². The number of imide groups is 2. The van der Waals surface area contributed by atoms with Crippen LogP contribution in [-0.2, 0) is 43.3 Å². The predicted octanol–water partition coefficient (Wildman–Crippen LogP) is 28.3. The Kier molecular flexibility index (Phi) is 17.4. The average molecular weight is 1580 g/mol. The SMILES string of the molecule is Cc1cc(N2C(=O)c3c(-n4c5ccc(C(C)(C)C)cc5c5cc(C(C)(C)C)ccc54)ccc(-n4c5ccc(C(C)(C)C)cc5c5cc(C(C)(C)C)ccc54)c3C2=O)ccc1-c1ccc(N2C(=O)c3c(-n4c5ccc(C(C)(C)C)cc5c5cc(C(C)(C)C)ccc54)ccc(-n4c5ccc(C(C)(C)C)cc5c5cc(C(C)(C)C)ccc54)c3C2=O)cc1C. The summed E-state index contributed by atoms with van der Waals surface area (Å²) in [6, 6.07) is 73.6. The maximum atomic E-state index is 16.6. The van der Waals surface area contributed by atoms with E-state index in [1.54, 1.807) is 0 Å². The number of carbonyl (C=O) groups is 4. The summed E-state index contributed by atoms with van der Waals surface area (Å²) >= 11 is 0. The smallest absolute Gasteiger partial charge is 0.268 e. The molecule has 0 saturated carbocycles. The molecular formula is C110H112N6O4. The van der Waals surface area contributed by atoms with E-state index in [2.05, 4.69) is 354 Å². The standard InChI is InChI=1S/C110H112N6O4/c1-61-51-71(111-99(117)95-91(113-83-39-27-63(103(3,4)5)53-75(83)76-54-64(104(6,7)8)28-40-84(76)113)47-48-92(96(95)100(111)118)114-85-41-29-65(105(9,10)11)55-77(85)78-56-66(106(12,13)14)30-42-86(78)114)35-37-73(61)74-38-36-72(52-62(74)2)112-101(119)97-93(115-87-43-31-67(107(15,16)17)57-79(87)80-58-68(108(18,19)20)32-44-88(80)115)49-50-94(98(97)102(112)120)116-89-45-33-69(109(21,22)23)59-81(89)82-60-70(110(24,25)26)34-46-90(82)116/h27-60H,1-26H3. The molecule has 16 aromatic rings. The molecule has 4 amide bonds. The largest absolute Gasteiger partial charge is 0.308 e. The van der Waals surface area contributed by atoms with Crippen molar-refractivity contribution in [3.05, 3.63) is 284 Å². The van der Waals surface area contributed by atoms with Crippen molar-refractivity contribution in [2.75, 3.05) is 9.80 Å². The number of aromatic nitrogens is 4. The van der Waals surface area contributed by atoms with E-state index >= 15 is 19.2 Å². The quantitative estimate of drug-likeness (QED) is 0.149. The van der Waals surface area contributed by atoms with Gasteiger partial charge in [-0.1, -0.05) is 227 Å². The second-order valence-corrected chi connectivity index (χ2v) is 42.8. The van der Waals surface area contributed by atoms with Crippen LogP contribution in [0.1, 0.15) is 263 Å². The third kappa shape index (κ3) is 12.4. The Morgan fingerprint density at radius 1 is 0.192 bits per heavy atom. The molecule has 120 heavy (non-hydrogen) atoms. The van der Waals surface area contributed by atoms with Gasteiger partial charge in [0.05, 0.1) is 101 Å². The molecule has 12 aromatic carbocycles.